The molecule has 3 heteroatoms. The maximum absolute atomic E-state index is 12.0. The molecule has 0 aliphatic carbocycles. The first kappa shape index (κ1) is 15.3. The summed E-state index contributed by atoms with van der Waals surface area (Å²) in [7, 11) is 0. The summed E-state index contributed by atoms with van der Waals surface area (Å²) in [5.41, 5.74) is 3.80. The van der Waals surface area contributed by atoms with Crippen molar-refractivity contribution in [3.05, 3.63) is 69.8 Å². The average Bonchev–Trinajstić information content (AvgIpc) is 2.47. The van der Waals surface area contributed by atoms with Crippen LogP contribution < -0.4 is 4.74 Å². The van der Waals surface area contributed by atoms with E-state index in [1.165, 1.54) is 6.08 Å². The predicted molar refractivity (Wildman–Crippen MR) is 86.8 cm³/mol. The van der Waals surface area contributed by atoms with Gasteiger partial charge in [0.2, 0.25) is 0 Å². The van der Waals surface area contributed by atoms with E-state index in [0.29, 0.717) is 10.8 Å². The third-order valence-electron chi connectivity index (χ3n) is 3.38. The minimum atomic E-state index is -0.410. The Morgan fingerprint density at radius 2 is 1.71 bits per heavy atom. The van der Waals surface area contributed by atoms with Crippen molar-refractivity contribution in [2.45, 2.75) is 20.8 Å². The lowest BCUT2D eigenvalue weighted by atomic mass is 10.1. The molecule has 0 fully saturated rings. The molecule has 0 radical (unpaired) electrons. The molecular weight excluding hydrogens is 284 g/mol. The van der Waals surface area contributed by atoms with Crippen molar-refractivity contribution in [3.63, 3.8) is 0 Å². The minimum Gasteiger partial charge on any atom is -0.423 e. The second kappa shape index (κ2) is 6.59. The molecule has 2 nitrogen and oxygen atoms in total. The van der Waals surface area contributed by atoms with Crippen LogP contribution in [0.25, 0.3) is 6.08 Å². The van der Waals surface area contributed by atoms with Crippen molar-refractivity contribution in [1.29, 1.82) is 0 Å². The van der Waals surface area contributed by atoms with Crippen LogP contribution >= 0.6 is 11.6 Å². The van der Waals surface area contributed by atoms with Gasteiger partial charge >= 0.3 is 5.97 Å². The molecule has 0 saturated carbocycles. The highest BCUT2D eigenvalue weighted by molar-refractivity contribution is 6.32. The molecule has 0 atom stereocenters. The molecule has 0 N–H and O–H groups in total. The summed E-state index contributed by atoms with van der Waals surface area (Å²) in [6.07, 6.45) is 3.05. The number of aryl methyl sites for hydroxylation is 2. The zero-order valence-electron chi connectivity index (χ0n) is 12.3. The van der Waals surface area contributed by atoms with Crippen molar-refractivity contribution in [2.24, 2.45) is 0 Å². The van der Waals surface area contributed by atoms with Crippen LogP contribution in [0.1, 0.15) is 22.3 Å². The number of ether oxygens (including phenoxy) is 1. The van der Waals surface area contributed by atoms with Crippen molar-refractivity contribution < 1.29 is 9.53 Å². The van der Waals surface area contributed by atoms with Crippen LogP contribution in [-0.4, -0.2) is 5.97 Å². The molecule has 2 aromatic rings. The molecular formula is C18H17ClO2. The summed E-state index contributed by atoms with van der Waals surface area (Å²) < 4.78 is 5.45. The van der Waals surface area contributed by atoms with E-state index in [1.54, 1.807) is 12.1 Å². The second-order valence-electron chi connectivity index (χ2n) is 4.93. The van der Waals surface area contributed by atoms with Gasteiger partial charge in [0.05, 0.1) is 0 Å². The predicted octanol–water partition coefficient (Wildman–Crippen LogP) is 4.88. The van der Waals surface area contributed by atoms with E-state index >= 15 is 0 Å². The number of halogens is 1. The van der Waals surface area contributed by atoms with Crippen LogP contribution in [0.2, 0.25) is 5.02 Å². The lowest BCUT2D eigenvalue weighted by molar-refractivity contribution is -0.129. The van der Waals surface area contributed by atoms with E-state index in [1.807, 2.05) is 51.1 Å². The van der Waals surface area contributed by atoms with Crippen LogP contribution in [0.5, 0.6) is 5.75 Å². The SMILES string of the molecule is Cc1ccc(C)c(OC(=O)C=Cc2ccccc2Cl)c1C. The molecule has 0 heterocycles. The molecule has 0 bridgehead atoms. The molecule has 108 valence electrons. The van der Waals surface area contributed by atoms with Crippen LogP contribution in [0.3, 0.4) is 0 Å². The molecule has 0 aliphatic heterocycles. The summed E-state index contributed by atoms with van der Waals surface area (Å²) in [6.45, 7) is 5.86. The Hall–Kier alpha value is -2.06. The summed E-state index contributed by atoms with van der Waals surface area (Å²) >= 11 is 6.04. The van der Waals surface area contributed by atoms with Gasteiger partial charge in [-0.1, -0.05) is 41.9 Å². The largest absolute Gasteiger partial charge is 0.423 e. The Morgan fingerprint density at radius 1 is 1.05 bits per heavy atom. The molecule has 0 amide bonds. The fourth-order valence-electron chi connectivity index (χ4n) is 1.99. The van der Waals surface area contributed by atoms with Gasteiger partial charge in [0.25, 0.3) is 0 Å². The van der Waals surface area contributed by atoms with Crippen molar-refractivity contribution >= 4 is 23.6 Å². The Kier molecular flexibility index (Phi) is 4.81. The number of carbonyl (C=O) groups excluding carboxylic acids is 1. The summed E-state index contributed by atoms with van der Waals surface area (Å²) in [4.78, 5) is 12.0. The van der Waals surface area contributed by atoms with E-state index in [2.05, 4.69) is 0 Å². The normalized spacial score (nSPS) is 10.9. The Bertz CT molecular complexity index is 702. The van der Waals surface area contributed by atoms with Gasteiger partial charge in [-0.3, -0.25) is 0 Å². The zero-order valence-corrected chi connectivity index (χ0v) is 13.1. The van der Waals surface area contributed by atoms with E-state index < -0.39 is 5.97 Å². The molecule has 0 aromatic heterocycles. The average molecular weight is 301 g/mol. The monoisotopic (exact) mass is 300 g/mol. The van der Waals surface area contributed by atoms with E-state index in [0.717, 1.165) is 22.3 Å². The van der Waals surface area contributed by atoms with Crippen LogP contribution in [-0.2, 0) is 4.79 Å². The molecule has 2 rings (SSSR count). The minimum absolute atomic E-state index is 0.410. The van der Waals surface area contributed by atoms with E-state index in [-0.39, 0.29) is 0 Å². The lowest BCUT2D eigenvalue weighted by Gasteiger charge is -2.11. The van der Waals surface area contributed by atoms with Gasteiger partial charge in [0.15, 0.2) is 0 Å². The van der Waals surface area contributed by atoms with Crippen LogP contribution in [0.4, 0.5) is 0 Å². The first-order valence-electron chi connectivity index (χ1n) is 6.70. The first-order chi connectivity index (χ1) is 9.99. The Labute approximate surface area is 130 Å². The second-order valence-corrected chi connectivity index (χ2v) is 5.34. The number of hydrogen-bond acceptors (Lipinski definition) is 2. The van der Waals surface area contributed by atoms with Gasteiger partial charge in [-0.25, -0.2) is 4.79 Å². The molecule has 0 unspecified atom stereocenters. The fourth-order valence-corrected chi connectivity index (χ4v) is 2.18. The number of rotatable bonds is 3. The highest BCUT2D eigenvalue weighted by Gasteiger charge is 2.09. The third-order valence-corrected chi connectivity index (χ3v) is 3.72. The van der Waals surface area contributed by atoms with E-state index in [9.17, 15) is 4.79 Å². The summed E-state index contributed by atoms with van der Waals surface area (Å²) in [5, 5.41) is 0.601. The standard InChI is InChI=1S/C18H17ClO2/c1-12-8-9-13(2)18(14(12)3)21-17(20)11-10-15-6-4-5-7-16(15)19/h4-11H,1-3H3. The van der Waals surface area contributed by atoms with Crippen molar-refractivity contribution in [2.75, 3.05) is 0 Å². The van der Waals surface area contributed by atoms with Crippen LogP contribution in [0, 0.1) is 20.8 Å². The van der Waals surface area contributed by atoms with Gasteiger partial charge < -0.3 is 4.74 Å². The molecule has 2 aromatic carbocycles. The Balaban J connectivity index is 2.16. The Morgan fingerprint density at radius 3 is 2.43 bits per heavy atom. The smallest absolute Gasteiger partial charge is 0.336 e. The van der Waals surface area contributed by atoms with Gasteiger partial charge in [-0.15, -0.1) is 0 Å². The third kappa shape index (κ3) is 3.73. The number of esters is 1. The molecule has 0 saturated heterocycles. The first-order valence-corrected chi connectivity index (χ1v) is 7.08. The van der Waals surface area contributed by atoms with Crippen molar-refractivity contribution in [3.8, 4) is 5.75 Å². The zero-order chi connectivity index (χ0) is 15.4. The number of benzene rings is 2. The van der Waals surface area contributed by atoms with Crippen LogP contribution in [0.15, 0.2) is 42.5 Å². The maximum atomic E-state index is 12.0. The molecule has 21 heavy (non-hydrogen) atoms. The van der Waals surface area contributed by atoms with Gasteiger partial charge in [-0.05, 0) is 55.2 Å². The number of carbonyl (C=O) groups is 1. The number of hydrogen-bond donors (Lipinski definition) is 0. The van der Waals surface area contributed by atoms with E-state index in [4.69, 9.17) is 16.3 Å². The highest BCUT2D eigenvalue weighted by atomic mass is 35.5. The maximum Gasteiger partial charge on any atom is 0.336 e. The topological polar surface area (TPSA) is 26.3 Å². The molecule has 0 aliphatic rings. The fraction of sp³-hybridized carbons (Fsp3) is 0.167. The van der Waals surface area contributed by atoms with Gasteiger partial charge in [-0.2, -0.15) is 0 Å². The van der Waals surface area contributed by atoms with Gasteiger partial charge in [0, 0.05) is 11.1 Å². The highest BCUT2D eigenvalue weighted by Crippen LogP contribution is 2.26. The van der Waals surface area contributed by atoms with Gasteiger partial charge in [0.1, 0.15) is 5.75 Å². The summed E-state index contributed by atoms with van der Waals surface area (Å²) in [6, 6.07) is 11.3. The lowest BCUT2D eigenvalue weighted by Crippen LogP contribution is -2.07. The quantitative estimate of drug-likeness (QED) is 0.458. The van der Waals surface area contributed by atoms with Crippen molar-refractivity contribution in [1.82, 2.24) is 0 Å². The molecule has 0 spiro atoms. The summed E-state index contributed by atoms with van der Waals surface area (Å²) in [5.74, 6) is 0.218.